The van der Waals surface area contributed by atoms with Gasteiger partial charge in [-0.2, -0.15) is 0 Å². The van der Waals surface area contributed by atoms with Crippen LogP contribution in [0.5, 0.6) is 11.8 Å². The minimum Gasteiger partial charge on any atom is -0.493 e. The Labute approximate surface area is 128 Å². The molecule has 1 aliphatic rings. The van der Waals surface area contributed by atoms with E-state index in [9.17, 15) is 8.42 Å². The van der Waals surface area contributed by atoms with Gasteiger partial charge >= 0.3 is 6.01 Å². The highest BCUT2D eigenvalue weighted by Gasteiger charge is 2.19. The largest absolute Gasteiger partial charge is 0.493 e. The van der Waals surface area contributed by atoms with E-state index in [0.717, 1.165) is 11.3 Å². The van der Waals surface area contributed by atoms with Crippen LogP contribution in [0, 0.1) is 0 Å². The monoisotopic (exact) mass is 321 g/mol. The fourth-order valence-corrected chi connectivity index (χ4v) is 3.19. The first kappa shape index (κ1) is 14.6. The predicted molar refractivity (Wildman–Crippen MR) is 79.7 cm³/mol. The topological polar surface area (TPSA) is 90.4 Å². The second-order valence-corrected chi connectivity index (χ2v) is 6.34. The van der Waals surface area contributed by atoms with Crippen LogP contribution in [0.4, 0.5) is 5.69 Å². The summed E-state index contributed by atoms with van der Waals surface area (Å²) in [6, 6.07) is 5.02. The van der Waals surface area contributed by atoms with E-state index in [1.54, 1.807) is 12.1 Å². The summed E-state index contributed by atoms with van der Waals surface area (Å²) in [6.07, 6.45) is 3.45. The molecule has 0 fully saturated rings. The Kier molecular flexibility index (Phi) is 3.84. The van der Waals surface area contributed by atoms with Crippen LogP contribution in [0.3, 0.4) is 0 Å². The van der Waals surface area contributed by atoms with E-state index in [2.05, 4.69) is 14.7 Å². The number of rotatable bonds is 5. The number of ether oxygens (including phenoxy) is 2. The molecule has 0 bridgehead atoms. The predicted octanol–water partition coefficient (Wildman–Crippen LogP) is 1.61. The Morgan fingerprint density at radius 1 is 1.32 bits per heavy atom. The summed E-state index contributed by atoms with van der Waals surface area (Å²) in [5.74, 6) is 0.739. The van der Waals surface area contributed by atoms with Gasteiger partial charge in [0, 0.05) is 6.42 Å². The van der Waals surface area contributed by atoms with Crippen molar-refractivity contribution in [3.63, 3.8) is 0 Å². The van der Waals surface area contributed by atoms with Crippen molar-refractivity contribution in [3.05, 3.63) is 36.2 Å². The van der Waals surface area contributed by atoms with Crippen LogP contribution >= 0.6 is 0 Å². The molecular weight excluding hydrogens is 306 g/mol. The molecule has 8 heteroatoms. The van der Waals surface area contributed by atoms with Crippen LogP contribution in [0.25, 0.3) is 0 Å². The minimum absolute atomic E-state index is 0.186. The van der Waals surface area contributed by atoms with Crippen molar-refractivity contribution in [1.82, 2.24) is 9.97 Å². The van der Waals surface area contributed by atoms with Gasteiger partial charge in [0.05, 0.1) is 36.2 Å². The molecule has 0 aliphatic carbocycles. The van der Waals surface area contributed by atoms with Gasteiger partial charge in [0.25, 0.3) is 10.0 Å². The third-order valence-electron chi connectivity index (χ3n) is 3.13. The SMILES string of the molecule is CCOc1ncc(NS(=O)(=O)c2ccc3c(c2)CCO3)cn1. The molecule has 1 N–H and O–H groups in total. The molecule has 0 amide bonds. The van der Waals surface area contributed by atoms with Crippen molar-refractivity contribution in [3.8, 4) is 11.8 Å². The molecule has 1 aliphatic heterocycles. The summed E-state index contributed by atoms with van der Waals surface area (Å²) in [4.78, 5) is 8.03. The van der Waals surface area contributed by atoms with Crippen LogP contribution in [-0.2, 0) is 16.4 Å². The summed E-state index contributed by atoms with van der Waals surface area (Å²) in [5.41, 5.74) is 1.17. The first-order valence-corrected chi connectivity index (χ1v) is 8.30. The van der Waals surface area contributed by atoms with E-state index in [4.69, 9.17) is 9.47 Å². The van der Waals surface area contributed by atoms with Gasteiger partial charge in [-0.05, 0) is 30.7 Å². The highest BCUT2D eigenvalue weighted by Crippen LogP contribution is 2.28. The Hall–Kier alpha value is -2.35. The summed E-state index contributed by atoms with van der Waals surface area (Å²) in [7, 11) is -3.69. The molecule has 2 heterocycles. The molecule has 2 aromatic rings. The van der Waals surface area contributed by atoms with Crippen LogP contribution in [0.1, 0.15) is 12.5 Å². The molecule has 3 rings (SSSR count). The number of anilines is 1. The fourth-order valence-electron chi connectivity index (χ4n) is 2.12. The van der Waals surface area contributed by atoms with E-state index in [0.29, 0.717) is 19.6 Å². The number of nitrogens with zero attached hydrogens (tertiary/aromatic N) is 2. The summed E-state index contributed by atoms with van der Waals surface area (Å²) in [5, 5.41) is 0. The molecular formula is C14H15N3O4S. The first-order chi connectivity index (χ1) is 10.6. The zero-order valence-corrected chi connectivity index (χ0v) is 12.8. The Morgan fingerprint density at radius 3 is 2.82 bits per heavy atom. The second-order valence-electron chi connectivity index (χ2n) is 4.66. The summed E-state index contributed by atoms with van der Waals surface area (Å²) < 4.78 is 37.7. The number of aromatic nitrogens is 2. The normalized spacial score (nSPS) is 13.3. The van der Waals surface area contributed by atoms with Gasteiger partial charge in [-0.15, -0.1) is 0 Å². The number of hydrogen-bond donors (Lipinski definition) is 1. The van der Waals surface area contributed by atoms with Crippen LogP contribution < -0.4 is 14.2 Å². The molecule has 1 aromatic carbocycles. The van der Waals surface area contributed by atoms with Crippen molar-refractivity contribution < 1.29 is 17.9 Å². The molecule has 116 valence electrons. The molecule has 0 atom stereocenters. The number of nitrogens with one attached hydrogen (secondary N) is 1. The van der Waals surface area contributed by atoms with E-state index < -0.39 is 10.0 Å². The lowest BCUT2D eigenvalue weighted by Gasteiger charge is -2.09. The van der Waals surface area contributed by atoms with Crippen LogP contribution in [0.2, 0.25) is 0 Å². The van der Waals surface area contributed by atoms with Gasteiger partial charge in [0.2, 0.25) is 0 Å². The van der Waals surface area contributed by atoms with Crippen molar-refractivity contribution in [2.45, 2.75) is 18.2 Å². The van der Waals surface area contributed by atoms with Crippen molar-refractivity contribution in [1.29, 1.82) is 0 Å². The van der Waals surface area contributed by atoms with Gasteiger partial charge in [0.15, 0.2) is 0 Å². The maximum atomic E-state index is 12.4. The Bertz CT molecular complexity index is 775. The van der Waals surface area contributed by atoms with Crippen molar-refractivity contribution >= 4 is 15.7 Å². The van der Waals surface area contributed by atoms with Crippen LogP contribution in [0.15, 0.2) is 35.5 Å². The molecule has 22 heavy (non-hydrogen) atoms. The molecule has 0 spiro atoms. The first-order valence-electron chi connectivity index (χ1n) is 6.82. The number of sulfonamides is 1. The number of hydrogen-bond acceptors (Lipinski definition) is 6. The van der Waals surface area contributed by atoms with Gasteiger partial charge in [-0.1, -0.05) is 0 Å². The molecule has 7 nitrogen and oxygen atoms in total. The quantitative estimate of drug-likeness (QED) is 0.900. The zero-order valence-electron chi connectivity index (χ0n) is 11.9. The van der Waals surface area contributed by atoms with Gasteiger partial charge in [0.1, 0.15) is 5.75 Å². The fraction of sp³-hybridized carbons (Fsp3) is 0.286. The van der Waals surface area contributed by atoms with Crippen molar-refractivity contribution in [2.75, 3.05) is 17.9 Å². The van der Waals surface area contributed by atoms with Crippen LogP contribution in [-0.4, -0.2) is 31.6 Å². The average Bonchev–Trinajstić information content (AvgIpc) is 2.97. The van der Waals surface area contributed by atoms with E-state index in [1.807, 2.05) is 6.92 Å². The maximum Gasteiger partial charge on any atom is 0.316 e. The Balaban J connectivity index is 1.81. The minimum atomic E-state index is -3.69. The van der Waals surface area contributed by atoms with Crippen molar-refractivity contribution in [2.24, 2.45) is 0 Å². The lowest BCUT2D eigenvalue weighted by molar-refractivity contribution is 0.312. The molecule has 0 saturated carbocycles. The summed E-state index contributed by atoms with van der Waals surface area (Å²) >= 11 is 0. The number of fused-ring (bicyclic) bond motifs is 1. The van der Waals surface area contributed by atoms with E-state index in [-0.39, 0.29) is 16.6 Å². The van der Waals surface area contributed by atoms with E-state index >= 15 is 0 Å². The maximum absolute atomic E-state index is 12.4. The standard InChI is InChI=1S/C14H15N3O4S/c1-2-20-14-15-8-11(9-16-14)17-22(18,19)12-3-4-13-10(7-12)5-6-21-13/h3-4,7-9,17H,2,5-6H2,1H3. The highest BCUT2D eigenvalue weighted by atomic mass is 32.2. The third-order valence-corrected chi connectivity index (χ3v) is 4.50. The molecule has 0 saturated heterocycles. The smallest absolute Gasteiger partial charge is 0.316 e. The lowest BCUT2D eigenvalue weighted by Crippen LogP contribution is -2.13. The molecule has 1 aromatic heterocycles. The van der Waals surface area contributed by atoms with Gasteiger partial charge in [-0.3, -0.25) is 4.72 Å². The second kappa shape index (κ2) is 5.80. The Morgan fingerprint density at radius 2 is 2.09 bits per heavy atom. The molecule has 0 radical (unpaired) electrons. The highest BCUT2D eigenvalue weighted by molar-refractivity contribution is 7.92. The summed E-state index contributed by atoms with van der Waals surface area (Å²) in [6.45, 7) is 2.85. The lowest BCUT2D eigenvalue weighted by atomic mass is 10.2. The van der Waals surface area contributed by atoms with Gasteiger partial charge in [-0.25, -0.2) is 18.4 Å². The third kappa shape index (κ3) is 2.96. The van der Waals surface area contributed by atoms with E-state index in [1.165, 1.54) is 18.5 Å². The molecule has 0 unspecified atom stereocenters. The van der Waals surface area contributed by atoms with Gasteiger partial charge < -0.3 is 9.47 Å². The zero-order chi connectivity index (χ0) is 15.6. The average molecular weight is 321 g/mol. The number of benzene rings is 1.